The van der Waals surface area contributed by atoms with Gasteiger partial charge in [-0.05, 0) is 18.2 Å². The van der Waals surface area contributed by atoms with Crippen molar-refractivity contribution < 1.29 is 24.2 Å². The van der Waals surface area contributed by atoms with Gasteiger partial charge in [0.1, 0.15) is 12.0 Å². The number of aldehydes is 1. The van der Waals surface area contributed by atoms with Crippen LogP contribution in [0.5, 0.6) is 5.75 Å². The second kappa shape index (κ2) is 6.22. The van der Waals surface area contributed by atoms with Crippen molar-refractivity contribution in [3.63, 3.8) is 0 Å². The molecule has 0 bridgehead atoms. The molecule has 1 rings (SSSR count). The minimum atomic E-state index is -1.15. The molecule has 0 heterocycles. The van der Waals surface area contributed by atoms with Crippen LogP contribution >= 0.6 is 11.6 Å². The Labute approximate surface area is 103 Å². The fraction of sp³-hybridized carbons (Fsp3) is 0.273. The van der Waals surface area contributed by atoms with Crippen molar-refractivity contribution >= 4 is 23.9 Å². The molecule has 0 aliphatic carbocycles. The molecule has 1 N–H and O–H groups in total. The molecular weight excluding hydrogens is 248 g/mol. The van der Waals surface area contributed by atoms with Gasteiger partial charge in [-0.1, -0.05) is 11.6 Å². The van der Waals surface area contributed by atoms with Gasteiger partial charge in [0.25, 0.3) is 0 Å². The van der Waals surface area contributed by atoms with E-state index in [0.29, 0.717) is 11.8 Å². The van der Waals surface area contributed by atoms with Crippen molar-refractivity contribution in [2.45, 2.75) is 6.10 Å². The number of ether oxygens (including phenoxy) is 2. The van der Waals surface area contributed by atoms with Crippen molar-refractivity contribution in [3.8, 4) is 5.75 Å². The third-order valence-corrected chi connectivity index (χ3v) is 2.25. The van der Waals surface area contributed by atoms with Crippen molar-refractivity contribution in [3.05, 3.63) is 28.8 Å². The molecule has 0 aliphatic rings. The molecule has 0 saturated carbocycles. The first-order valence-electron chi connectivity index (χ1n) is 4.71. The molecule has 0 aromatic heterocycles. The van der Waals surface area contributed by atoms with E-state index in [1.54, 1.807) is 0 Å². The van der Waals surface area contributed by atoms with Crippen LogP contribution in [0.4, 0.5) is 0 Å². The molecule has 0 saturated heterocycles. The van der Waals surface area contributed by atoms with Crippen molar-refractivity contribution in [1.82, 2.24) is 0 Å². The average molecular weight is 259 g/mol. The first-order valence-corrected chi connectivity index (χ1v) is 5.09. The average Bonchev–Trinajstić information content (AvgIpc) is 2.30. The van der Waals surface area contributed by atoms with Crippen LogP contribution in [0, 0.1) is 0 Å². The van der Waals surface area contributed by atoms with E-state index in [2.05, 4.69) is 0 Å². The van der Waals surface area contributed by atoms with Gasteiger partial charge in [-0.15, -0.1) is 0 Å². The number of halogens is 1. The fourth-order valence-electron chi connectivity index (χ4n) is 1.15. The van der Waals surface area contributed by atoms with Gasteiger partial charge >= 0.3 is 5.97 Å². The number of methoxy groups -OCH3 is 1. The van der Waals surface area contributed by atoms with Gasteiger partial charge in [-0.2, -0.15) is 0 Å². The number of hydrogen-bond donors (Lipinski definition) is 1. The van der Waals surface area contributed by atoms with E-state index in [1.165, 1.54) is 25.3 Å². The van der Waals surface area contributed by atoms with Gasteiger partial charge in [-0.25, -0.2) is 4.79 Å². The minimum absolute atomic E-state index is 0.0961. The van der Waals surface area contributed by atoms with Gasteiger partial charge in [0.05, 0.1) is 11.6 Å². The van der Waals surface area contributed by atoms with Crippen LogP contribution in [0.1, 0.15) is 10.4 Å². The molecular formula is C11H11ClO5. The van der Waals surface area contributed by atoms with E-state index in [1.807, 2.05) is 0 Å². The molecule has 1 atom stereocenters. The maximum Gasteiger partial charge on any atom is 0.347 e. The zero-order valence-corrected chi connectivity index (χ0v) is 9.81. The molecule has 1 unspecified atom stereocenters. The fourth-order valence-corrected chi connectivity index (χ4v) is 1.38. The Morgan fingerprint density at radius 2 is 2.29 bits per heavy atom. The summed E-state index contributed by atoms with van der Waals surface area (Å²) in [7, 11) is 1.37. The van der Waals surface area contributed by atoms with Crippen LogP contribution < -0.4 is 4.74 Å². The maximum absolute atomic E-state index is 10.8. The summed E-state index contributed by atoms with van der Waals surface area (Å²) in [5, 5.41) is 9.03. The van der Waals surface area contributed by atoms with E-state index >= 15 is 0 Å². The molecule has 6 heteroatoms. The van der Waals surface area contributed by atoms with Gasteiger partial charge in [0.2, 0.25) is 6.10 Å². The van der Waals surface area contributed by atoms with Crippen LogP contribution in [0.15, 0.2) is 18.2 Å². The predicted octanol–water partition coefficient (Wildman–Crippen LogP) is 1.63. The number of benzene rings is 1. The first-order chi connectivity index (χ1) is 8.08. The molecule has 0 spiro atoms. The Bertz CT molecular complexity index is 418. The van der Waals surface area contributed by atoms with Gasteiger partial charge in [0.15, 0.2) is 0 Å². The lowest BCUT2D eigenvalue weighted by molar-refractivity contribution is -0.147. The van der Waals surface area contributed by atoms with Gasteiger partial charge in [0, 0.05) is 12.7 Å². The molecule has 0 aliphatic heterocycles. The molecule has 92 valence electrons. The SMILES string of the molecule is COCC(Oc1ccc(C=O)cc1Cl)C(=O)O. The Hall–Kier alpha value is -1.59. The van der Waals surface area contributed by atoms with Gasteiger partial charge in [-0.3, -0.25) is 4.79 Å². The summed E-state index contributed by atoms with van der Waals surface area (Å²) >= 11 is 5.84. The van der Waals surface area contributed by atoms with Crippen LogP contribution in [-0.2, 0) is 9.53 Å². The predicted molar refractivity (Wildman–Crippen MR) is 60.8 cm³/mol. The number of rotatable bonds is 6. The summed E-state index contributed by atoms with van der Waals surface area (Å²) in [5.41, 5.74) is 0.390. The first kappa shape index (κ1) is 13.5. The maximum atomic E-state index is 10.8. The number of carboxylic acids is 1. The number of carbonyl (C=O) groups is 2. The highest BCUT2D eigenvalue weighted by molar-refractivity contribution is 6.32. The smallest absolute Gasteiger partial charge is 0.347 e. The molecule has 1 aromatic rings. The van der Waals surface area contributed by atoms with E-state index in [0.717, 1.165) is 0 Å². The standard InChI is InChI=1S/C11H11ClO5/c1-16-6-10(11(14)15)17-9-3-2-7(5-13)4-8(9)12/h2-5,10H,6H2,1H3,(H,14,15). The van der Waals surface area contributed by atoms with Crippen LogP contribution in [0.2, 0.25) is 5.02 Å². The highest BCUT2D eigenvalue weighted by Gasteiger charge is 2.20. The van der Waals surface area contributed by atoms with Crippen molar-refractivity contribution in [2.24, 2.45) is 0 Å². The normalized spacial score (nSPS) is 11.9. The Morgan fingerprint density at radius 1 is 1.59 bits per heavy atom. The molecule has 1 aromatic carbocycles. The Morgan fingerprint density at radius 3 is 2.76 bits per heavy atom. The van der Waals surface area contributed by atoms with E-state index in [9.17, 15) is 9.59 Å². The van der Waals surface area contributed by atoms with E-state index < -0.39 is 12.1 Å². The molecule has 17 heavy (non-hydrogen) atoms. The Kier molecular flexibility index (Phi) is 4.93. The van der Waals surface area contributed by atoms with Crippen LogP contribution in [0.25, 0.3) is 0 Å². The summed E-state index contributed by atoms with van der Waals surface area (Å²) in [4.78, 5) is 21.3. The van der Waals surface area contributed by atoms with Crippen LogP contribution in [-0.4, -0.2) is 37.2 Å². The molecule has 0 radical (unpaired) electrons. The quantitative estimate of drug-likeness (QED) is 0.785. The summed E-state index contributed by atoms with van der Waals surface area (Å²) < 4.78 is 9.89. The highest BCUT2D eigenvalue weighted by Crippen LogP contribution is 2.26. The summed E-state index contributed by atoms with van der Waals surface area (Å²) in [5.74, 6) is -0.955. The third-order valence-electron chi connectivity index (χ3n) is 1.95. The lowest BCUT2D eigenvalue weighted by Crippen LogP contribution is -2.31. The van der Waals surface area contributed by atoms with Crippen molar-refractivity contribution in [2.75, 3.05) is 13.7 Å². The van der Waals surface area contributed by atoms with Crippen molar-refractivity contribution in [1.29, 1.82) is 0 Å². The lowest BCUT2D eigenvalue weighted by Gasteiger charge is -2.15. The zero-order chi connectivity index (χ0) is 12.8. The second-order valence-corrected chi connectivity index (χ2v) is 3.61. The van der Waals surface area contributed by atoms with Gasteiger partial charge < -0.3 is 14.6 Å². The molecule has 5 nitrogen and oxygen atoms in total. The van der Waals surface area contributed by atoms with Crippen LogP contribution in [0.3, 0.4) is 0 Å². The highest BCUT2D eigenvalue weighted by atomic mass is 35.5. The number of hydrogen-bond acceptors (Lipinski definition) is 4. The third kappa shape index (κ3) is 3.72. The summed E-state index contributed by atoms with van der Waals surface area (Å²) in [6.45, 7) is -0.0961. The monoisotopic (exact) mass is 258 g/mol. The topological polar surface area (TPSA) is 72.8 Å². The summed E-state index contributed by atoms with van der Waals surface area (Å²) in [6, 6.07) is 4.33. The lowest BCUT2D eigenvalue weighted by atomic mass is 10.2. The molecule has 0 amide bonds. The van der Waals surface area contributed by atoms with E-state index in [4.69, 9.17) is 26.2 Å². The zero-order valence-electron chi connectivity index (χ0n) is 9.05. The minimum Gasteiger partial charge on any atom is -0.478 e. The number of aliphatic carboxylic acids is 1. The number of carboxylic acid groups (broad SMARTS) is 1. The second-order valence-electron chi connectivity index (χ2n) is 3.21. The Balaban J connectivity index is 2.85. The number of carbonyl (C=O) groups excluding carboxylic acids is 1. The van der Waals surface area contributed by atoms with E-state index in [-0.39, 0.29) is 17.4 Å². The summed E-state index contributed by atoms with van der Waals surface area (Å²) in [6.07, 6.45) is -0.501. The largest absolute Gasteiger partial charge is 0.478 e. The molecule has 0 fully saturated rings.